The molecule has 0 aromatic heterocycles. The van der Waals surface area contributed by atoms with Gasteiger partial charge in [0.2, 0.25) is 5.91 Å². The van der Waals surface area contributed by atoms with E-state index in [9.17, 15) is 9.59 Å². The van der Waals surface area contributed by atoms with Crippen LogP contribution in [0.15, 0.2) is 18.2 Å². The van der Waals surface area contributed by atoms with Gasteiger partial charge in [-0.2, -0.15) is 0 Å². The highest BCUT2D eigenvalue weighted by atomic mass is 16.1. The van der Waals surface area contributed by atoms with Gasteiger partial charge < -0.3 is 5.32 Å². The number of rotatable bonds is 5. The number of carbonyl (C=O) groups excluding carboxylic acids is 2. The minimum absolute atomic E-state index is 0.0521. The standard InChI is InChI=1S/C17H23NO2/c1-13-7-9-16(11-15(13)12-19)18-17(20)10-8-14-5-3-2-4-6-14/h7,9,11-12,14H,2-6,8,10H2,1H3,(H,18,20). The number of aldehydes is 1. The molecule has 3 nitrogen and oxygen atoms in total. The molecule has 1 aromatic carbocycles. The number of amides is 1. The van der Waals surface area contributed by atoms with Crippen LogP contribution in [0.2, 0.25) is 0 Å². The molecule has 1 aromatic rings. The van der Waals surface area contributed by atoms with Gasteiger partial charge in [0.25, 0.3) is 0 Å². The van der Waals surface area contributed by atoms with E-state index in [0.29, 0.717) is 17.7 Å². The van der Waals surface area contributed by atoms with Gasteiger partial charge in [0, 0.05) is 17.7 Å². The maximum absolute atomic E-state index is 11.9. The van der Waals surface area contributed by atoms with Crippen LogP contribution in [0, 0.1) is 12.8 Å². The summed E-state index contributed by atoms with van der Waals surface area (Å²) in [7, 11) is 0. The van der Waals surface area contributed by atoms with Gasteiger partial charge in [0.1, 0.15) is 6.29 Å². The summed E-state index contributed by atoms with van der Waals surface area (Å²) in [5, 5.41) is 2.89. The summed E-state index contributed by atoms with van der Waals surface area (Å²) in [6, 6.07) is 5.45. The minimum Gasteiger partial charge on any atom is -0.326 e. The van der Waals surface area contributed by atoms with Gasteiger partial charge >= 0.3 is 0 Å². The van der Waals surface area contributed by atoms with Gasteiger partial charge in [-0.05, 0) is 37.0 Å². The second-order valence-electron chi connectivity index (χ2n) is 5.78. The third-order valence-corrected chi connectivity index (χ3v) is 4.19. The Morgan fingerprint density at radius 1 is 1.30 bits per heavy atom. The second kappa shape index (κ2) is 7.22. The zero-order chi connectivity index (χ0) is 14.4. The SMILES string of the molecule is Cc1ccc(NC(=O)CCC2CCCCC2)cc1C=O. The Hall–Kier alpha value is -1.64. The number of benzene rings is 1. The van der Waals surface area contributed by atoms with Crippen LogP contribution in [0.5, 0.6) is 0 Å². The third-order valence-electron chi connectivity index (χ3n) is 4.19. The van der Waals surface area contributed by atoms with Crippen molar-refractivity contribution in [2.24, 2.45) is 5.92 Å². The van der Waals surface area contributed by atoms with Gasteiger partial charge in [-0.3, -0.25) is 9.59 Å². The largest absolute Gasteiger partial charge is 0.326 e. The number of anilines is 1. The monoisotopic (exact) mass is 273 g/mol. The van der Waals surface area contributed by atoms with Crippen molar-refractivity contribution in [2.45, 2.75) is 51.9 Å². The second-order valence-corrected chi connectivity index (χ2v) is 5.78. The summed E-state index contributed by atoms with van der Waals surface area (Å²) >= 11 is 0. The van der Waals surface area contributed by atoms with Crippen molar-refractivity contribution in [3.63, 3.8) is 0 Å². The van der Waals surface area contributed by atoms with E-state index in [1.165, 1.54) is 32.1 Å². The van der Waals surface area contributed by atoms with Crippen LogP contribution in [-0.4, -0.2) is 12.2 Å². The first-order chi connectivity index (χ1) is 9.69. The minimum atomic E-state index is 0.0521. The lowest BCUT2D eigenvalue weighted by Gasteiger charge is -2.21. The van der Waals surface area contributed by atoms with Crippen molar-refractivity contribution in [2.75, 3.05) is 5.32 Å². The first-order valence-electron chi connectivity index (χ1n) is 7.54. The van der Waals surface area contributed by atoms with Crippen molar-refractivity contribution < 1.29 is 9.59 Å². The van der Waals surface area contributed by atoms with Crippen LogP contribution in [-0.2, 0) is 4.79 Å². The Kier molecular flexibility index (Phi) is 5.33. The summed E-state index contributed by atoms with van der Waals surface area (Å²) in [4.78, 5) is 22.8. The topological polar surface area (TPSA) is 46.2 Å². The summed E-state index contributed by atoms with van der Waals surface area (Å²) in [5.41, 5.74) is 2.28. The van der Waals surface area contributed by atoms with Gasteiger partial charge in [-0.1, -0.05) is 38.2 Å². The molecule has 0 spiro atoms. The first kappa shape index (κ1) is 14.8. The number of aryl methyl sites for hydroxylation is 1. The highest BCUT2D eigenvalue weighted by molar-refractivity contribution is 5.92. The zero-order valence-corrected chi connectivity index (χ0v) is 12.2. The molecule has 0 bridgehead atoms. The lowest BCUT2D eigenvalue weighted by molar-refractivity contribution is -0.116. The molecule has 1 fully saturated rings. The fraction of sp³-hybridized carbons (Fsp3) is 0.529. The molecular formula is C17H23NO2. The van der Waals surface area contributed by atoms with Gasteiger partial charge in [-0.15, -0.1) is 0 Å². The highest BCUT2D eigenvalue weighted by Gasteiger charge is 2.14. The first-order valence-corrected chi connectivity index (χ1v) is 7.54. The van der Waals surface area contributed by atoms with E-state index in [2.05, 4.69) is 5.32 Å². The molecule has 3 heteroatoms. The van der Waals surface area contributed by atoms with E-state index in [4.69, 9.17) is 0 Å². The Labute approximate surface area is 120 Å². The third kappa shape index (κ3) is 4.19. The lowest BCUT2D eigenvalue weighted by atomic mass is 9.86. The molecule has 1 aliphatic carbocycles. The Morgan fingerprint density at radius 2 is 2.05 bits per heavy atom. The maximum atomic E-state index is 11.9. The summed E-state index contributed by atoms with van der Waals surface area (Å²) in [5.74, 6) is 0.773. The van der Waals surface area contributed by atoms with Gasteiger partial charge in [0.15, 0.2) is 0 Å². The van der Waals surface area contributed by atoms with Crippen molar-refractivity contribution in [1.82, 2.24) is 0 Å². The van der Waals surface area contributed by atoms with E-state index in [1.54, 1.807) is 6.07 Å². The zero-order valence-electron chi connectivity index (χ0n) is 12.2. The van der Waals surface area contributed by atoms with Crippen molar-refractivity contribution >= 4 is 17.9 Å². The van der Waals surface area contributed by atoms with Crippen LogP contribution in [0.3, 0.4) is 0 Å². The predicted octanol–water partition coefficient (Wildman–Crippen LogP) is 4.11. The Balaban J connectivity index is 1.83. The molecule has 0 atom stereocenters. The molecule has 1 amide bonds. The molecule has 108 valence electrons. The van der Waals surface area contributed by atoms with Crippen molar-refractivity contribution in [1.29, 1.82) is 0 Å². The molecule has 1 aliphatic rings. The summed E-state index contributed by atoms with van der Waals surface area (Å²) < 4.78 is 0. The van der Waals surface area contributed by atoms with Crippen molar-refractivity contribution in [3.8, 4) is 0 Å². The fourth-order valence-corrected chi connectivity index (χ4v) is 2.88. The molecule has 1 N–H and O–H groups in total. The number of nitrogens with one attached hydrogen (secondary N) is 1. The van der Waals surface area contributed by atoms with E-state index in [1.807, 2.05) is 19.1 Å². The highest BCUT2D eigenvalue weighted by Crippen LogP contribution is 2.27. The average molecular weight is 273 g/mol. The molecule has 0 aliphatic heterocycles. The number of hydrogen-bond acceptors (Lipinski definition) is 2. The quantitative estimate of drug-likeness (QED) is 0.821. The molecule has 0 radical (unpaired) electrons. The Bertz CT molecular complexity index is 476. The molecule has 1 saturated carbocycles. The molecular weight excluding hydrogens is 250 g/mol. The number of carbonyl (C=O) groups is 2. The number of hydrogen-bond donors (Lipinski definition) is 1. The average Bonchev–Trinajstić information content (AvgIpc) is 2.48. The molecule has 0 unspecified atom stereocenters. The summed E-state index contributed by atoms with van der Waals surface area (Å²) in [6.07, 6.45) is 8.90. The summed E-state index contributed by atoms with van der Waals surface area (Å²) in [6.45, 7) is 1.89. The fourth-order valence-electron chi connectivity index (χ4n) is 2.88. The van der Waals surface area contributed by atoms with E-state index in [0.717, 1.165) is 24.2 Å². The van der Waals surface area contributed by atoms with E-state index in [-0.39, 0.29) is 5.91 Å². The van der Waals surface area contributed by atoms with Crippen LogP contribution in [0.1, 0.15) is 60.9 Å². The predicted molar refractivity (Wildman–Crippen MR) is 81.0 cm³/mol. The normalized spacial score (nSPS) is 15.8. The van der Waals surface area contributed by atoms with Crippen molar-refractivity contribution in [3.05, 3.63) is 29.3 Å². The van der Waals surface area contributed by atoms with Gasteiger partial charge in [0.05, 0.1) is 0 Å². The molecule has 20 heavy (non-hydrogen) atoms. The van der Waals surface area contributed by atoms with E-state index < -0.39 is 0 Å². The van der Waals surface area contributed by atoms with Gasteiger partial charge in [-0.25, -0.2) is 0 Å². The lowest BCUT2D eigenvalue weighted by Crippen LogP contribution is -2.15. The van der Waals surface area contributed by atoms with Crippen LogP contribution < -0.4 is 5.32 Å². The van der Waals surface area contributed by atoms with Crippen LogP contribution in [0.4, 0.5) is 5.69 Å². The molecule has 2 rings (SSSR count). The smallest absolute Gasteiger partial charge is 0.224 e. The maximum Gasteiger partial charge on any atom is 0.224 e. The van der Waals surface area contributed by atoms with Crippen LogP contribution >= 0.6 is 0 Å². The van der Waals surface area contributed by atoms with Crippen LogP contribution in [0.25, 0.3) is 0 Å². The molecule has 0 saturated heterocycles. The molecule has 0 heterocycles. The Morgan fingerprint density at radius 3 is 2.75 bits per heavy atom. The van der Waals surface area contributed by atoms with E-state index >= 15 is 0 Å².